The molecule has 2 N–H and O–H groups in total. The summed E-state index contributed by atoms with van der Waals surface area (Å²) in [7, 11) is -3.79. The Morgan fingerprint density at radius 3 is 2.47 bits per heavy atom. The maximum absolute atomic E-state index is 13.3. The fraction of sp³-hybridized carbons (Fsp3) is 0.423. The third-order valence-corrected chi connectivity index (χ3v) is 8.14. The zero-order valence-corrected chi connectivity index (χ0v) is 21.4. The van der Waals surface area contributed by atoms with E-state index >= 15 is 0 Å². The van der Waals surface area contributed by atoms with Crippen LogP contribution in [0.15, 0.2) is 51.8 Å². The van der Waals surface area contributed by atoms with Gasteiger partial charge < -0.3 is 19.8 Å². The molecule has 9 nitrogen and oxygen atoms in total. The SMILES string of the molecule is CC(C)(C)c1nnc(-c2ccc3c(c2)N(Cc2ccc(OCC4CC4)cc2)C(=O)[C@@H](N)CS3(=O)=O)o1. The molecule has 0 unspecified atom stereocenters. The van der Waals surface area contributed by atoms with Crippen molar-refractivity contribution in [1.29, 1.82) is 0 Å². The van der Waals surface area contributed by atoms with Gasteiger partial charge in [-0.2, -0.15) is 0 Å². The summed E-state index contributed by atoms with van der Waals surface area (Å²) >= 11 is 0. The minimum atomic E-state index is -3.79. The molecule has 5 rings (SSSR count). The van der Waals surface area contributed by atoms with Crippen molar-refractivity contribution in [2.75, 3.05) is 17.3 Å². The van der Waals surface area contributed by atoms with Crippen LogP contribution in [0.4, 0.5) is 5.69 Å². The number of carbonyl (C=O) groups excluding carboxylic acids is 1. The van der Waals surface area contributed by atoms with E-state index in [9.17, 15) is 13.2 Å². The fourth-order valence-electron chi connectivity index (χ4n) is 4.02. The van der Waals surface area contributed by atoms with E-state index in [2.05, 4.69) is 10.2 Å². The number of sulfone groups is 1. The quantitative estimate of drug-likeness (QED) is 0.534. The van der Waals surface area contributed by atoms with E-state index < -0.39 is 27.5 Å². The van der Waals surface area contributed by atoms with Gasteiger partial charge in [-0.15, -0.1) is 10.2 Å². The fourth-order valence-corrected chi connectivity index (χ4v) is 5.58. The normalized spacial score (nSPS) is 19.6. The average Bonchev–Trinajstić information content (AvgIpc) is 3.52. The first-order valence-electron chi connectivity index (χ1n) is 12.0. The number of aromatic nitrogens is 2. The number of nitrogens with zero attached hydrogens (tertiary/aromatic N) is 3. The van der Waals surface area contributed by atoms with Gasteiger partial charge in [0, 0.05) is 11.0 Å². The number of nitrogens with two attached hydrogens (primary N) is 1. The molecule has 0 saturated heterocycles. The van der Waals surface area contributed by atoms with Gasteiger partial charge in [-0.05, 0) is 54.7 Å². The number of ether oxygens (including phenoxy) is 1. The molecule has 3 aromatic rings. The second-order valence-corrected chi connectivity index (χ2v) is 12.6. The Balaban J connectivity index is 1.50. The van der Waals surface area contributed by atoms with Gasteiger partial charge in [0.05, 0.1) is 35.5 Å². The highest BCUT2D eigenvalue weighted by atomic mass is 32.2. The molecule has 10 heteroatoms. The summed E-state index contributed by atoms with van der Waals surface area (Å²) in [6, 6.07) is 11.0. The van der Waals surface area contributed by atoms with Gasteiger partial charge in [0.2, 0.25) is 17.7 Å². The largest absolute Gasteiger partial charge is 0.493 e. The summed E-state index contributed by atoms with van der Waals surface area (Å²) in [6.07, 6.45) is 2.42. The molecule has 2 aliphatic rings. The van der Waals surface area contributed by atoms with Crippen molar-refractivity contribution in [1.82, 2.24) is 10.2 Å². The monoisotopic (exact) mass is 510 g/mol. The second-order valence-electron chi connectivity index (χ2n) is 10.6. The van der Waals surface area contributed by atoms with Gasteiger partial charge in [-0.1, -0.05) is 32.9 Å². The Morgan fingerprint density at radius 1 is 1.11 bits per heavy atom. The van der Waals surface area contributed by atoms with Crippen LogP contribution in [-0.4, -0.2) is 42.9 Å². The van der Waals surface area contributed by atoms with Gasteiger partial charge in [-0.3, -0.25) is 4.79 Å². The molecule has 0 spiro atoms. The van der Waals surface area contributed by atoms with Crippen LogP contribution in [-0.2, 0) is 26.6 Å². The Labute approximate surface area is 210 Å². The molecule has 2 aromatic carbocycles. The van der Waals surface area contributed by atoms with Crippen molar-refractivity contribution in [2.45, 2.75) is 56.5 Å². The standard InChI is InChI=1S/C26H30N4O5S/c1-26(2,3)25-29-28-23(35-25)18-8-11-22-21(12-18)30(24(31)20(27)15-36(22,32)33)13-16-6-9-19(10-7-16)34-14-17-4-5-17/h6-12,17,20H,4-5,13-15,27H2,1-3H3/t20-/m0/s1. The zero-order chi connectivity index (χ0) is 25.7. The van der Waals surface area contributed by atoms with Crippen molar-refractivity contribution in [2.24, 2.45) is 11.7 Å². The summed E-state index contributed by atoms with van der Waals surface area (Å²) in [5.74, 6) is 1.19. The predicted molar refractivity (Wildman–Crippen MR) is 134 cm³/mol. The van der Waals surface area contributed by atoms with Crippen molar-refractivity contribution < 1.29 is 22.4 Å². The first kappa shape index (κ1) is 24.5. The molecule has 1 aliphatic carbocycles. The molecule has 1 amide bonds. The molecular formula is C26H30N4O5S. The third-order valence-electron chi connectivity index (χ3n) is 6.33. The highest BCUT2D eigenvalue weighted by molar-refractivity contribution is 7.91. The molecule has 2 heterocycles. The van der Waals surface area contributed by atoms with Crippen LogP contribution in [0.2, 0.25) is 0 Å². The lowest BCUT2D eigenvalue weighted by molar-refractivity contribution is -0.119. The highest BCUT2D eigenvalue weighted by Gasteiger charge is 2.36. The average molecular weight is 511 g/mol. The summed E-state index contributed by atoms with van der Waals surface area (Å²) in [5, 5.41) is 8.27. The Hall–Kier alpha value is -3.24. The first-order chi connectivity index (χ1) is 17.0. The van der Waals surface area contributed by atoms with Crippen molar-refractivity contribution in [3.8, 4) is 17.2 Å². The molecule has 190 valence electrons. The van der Waals surface area contributed by atoms with E-state index in [-0.39, 0.29) is 28.4 Å². The van der Waals surface area contributed by atoms with Crippen LogP contribution in [0.25, 0.3) is 11.5 Å². The Kier molecular flexibility index (Phi) is 6.12. The highest BCUT2D eigenvalue weighted by Crippen LogP contribution is 2.36. The van der Waals surface area contributed by atoms with E-state index in [4.69, 9.17) is 14.9 Å². The van der Waals surface area contributed by atoms with Crippen LogP contribution in [0.5, 0.6) is 5.75 Å². The molecular weight excluding hydrogens is 480 g/mol. The first-order valence-corrected chi connectivity index (χ1v) is 13.7. The third kappa shape index (κ3) is 5.01. The number of rotatable bonds is 6. The molecule has 1 aromatic heterocycles. The van der Waals surface area contributed by atoms with Crippen LogP contribution in [0.1, 0.15) is 45.1 Å². The van der Waals surface area contributed by atoms with Gasteiger partial charge in [0.15, 0.2) is 9.84 Å². The van der Waals surface area contributed by atoms with Crippen molar-refractivity contribution in [3.63, 3.8) is 0 Å². The predicted octanol–water partition coefficient (Wildman–Crippen LogP) is 3.47. The van der Waals surface area contributed by atoms with Crippen LogP contribution in [0.3, 0.4) is 0 Å². The van der Waals surface area contributed by atoms with E-state index in [1.54, 1.807) is 12.1 Å². The van der Waals surface area contributed by atoms with Crippen LogP contribution < -0.4 is 15.4 Å². The number of hydrogen-bond donors (Lipinski definition) is 1. The van der Waals surface area contributed by atoms with E-state index in [1.807, 2.05) is 45.0 Å². The van der Waals surface area contributed by atoms with Crippen LogP contribution >= 0.6 is 0 Å². The van der Waals surface area contributed by atoms with E-state index in [0.29, 0.717) is 24.0 Å². The lowest BCUT2D eigenvalue weighted by Gasteiger charge is -2.24. The molecule has 1 fully saturated rings. The Morgan fingerprint density at radius 2 is 1.83 bits per heavy atom. The van der Waals surface area contributed by atoms with Gasteiger partial charge in [-0.25, -0.2) is 8.42 Å². The summed E-state index contributed by atoms with van der Waals surface area (Å²) < 4.78 is 37.8. The zero-order valence-electron chi connectivity index (χ0n) is 20.6. The number of carbonyl (C=O) groups is 1. The van der Waals surface area contributed by atoms with E-state index in [0.717, 1.165) is 11.3 Å². The lowest BCUT2D eigenvalue weighted by Crippen LogP contribution is -2.45. The molecule has 1 atom stereocenters. The van der Waals surface area contributed by atoms with Crippen molar-refractivity contribution >= 4 is 21.4 Å². The topological polar surface area (TPSA) is 129 Å². The minimum absolute atomic E-state index is 0.0486. The Bertz CT molecular complexity index is 1390. The summed E-state index contributed by atoms with van der Waals surface area (Å²) in [4.78, 5) is 14.8. The molecule has 1 aliphatic heterocycles. The molecule has 36 heavy (non-hydrogen) atoms. The molecule has 0 bridgehead atoms. The maximum atomic E-state index is 13.3. The molecule has 0 radical (unpaired) electrons. The second kappa shape index (κ2) is 9.01. The number of hydrogen-bond acceptors (Lipinski definition) is 8. The van der Waals surface area contributed by atoms with Crippen LogP contribution in [0, 0.1) is 5.92 Å². The van der Waals surface area contributed by atoms with Gasteiger partial charge in [0.1, 0.15) is 5.75 Å². The summed E-state index contributed by atoms with van der Waals surface area (Å²) in [6.45, 7) is 6.73. The smallest absolute Gasteiger partial charge is 0.247 e. The maximum Gasteiger partial charge on any atom is 0.247 e. The minimum Gasteiger partial charge on any atom is -0.493 e. The van der Waals surface area contributed by atoms with Gasteiger partial charge >= 0.3 is 0 Å². The number of benzene rings is 2. The number of anilines is 1. The summed E-state index contributed by atoms with van der Waals surface area (Å²) in [5.41, 5.74) is 7.28. The lowest BCUT2D eigenvalue weighted by atomic mass is 9.97. The number of fused-ring (bicyclic) bond motifs is 1. The van der Waals surface area contributed by atoms with Crippen molar-refractivity contribution in [3.05, 3.63) is 53.9 Å². The van der Waals surface area contributed by atoms with Gasteiger partial charge in [0.25, 0.3) is 0 Å². The van der Waals surface area contributed by atoms with E-state index in [1.165, 1.54) is 23.8 Å². The molecule has 1 saturated carbocycles. The number of amides is 1.